The summed E-state index contributed by atoms with van der Waals surface area (Å²) in [5.41, 5.74) is -0.491. The molecule has 1 amide bonds. The highest BCUT2D eigenvalue weighted by Crippen LogP contribution is 2.28. The maximum Gasteiger partial charge on any atom is 0.413 e. The second-order valence-electron chi connectivity index (χ2n) is 4.56. The van der Waals surface area contributed by atoms with Crippen LogP contribution in [0, 0.1) is 11.6 Å². The number of benzene rings is 2. The molecule has 0 aliphatic heterocycles. The van der Waals surface area contributed by atoms with E-state index in [0.29, 0.717) is 6.29 Å². The predicted octanol–water partition coefficient (Wildman–Crippen LogP) is 4.04. The van der Waals surface area contributed by atoms with E-state index in [9.17, 15) is 18.4 Å². The lowest BCUT2D eigenvalue weighted by molar-refractivity contribution is -0.108. The minimum Gasteiger partial charge on any atom is -0.410 e. The van der Waals surface area contributed by atoms with Crippen LogP contribution in [0.2, 0.25) is 5.02 Å². The van der Waals surface area contributed by atoms with E-state index in [2.05, 4.69) is 5.32 Å². The Morgan fingerprint density at radius 3 is 2.57 bits per heavy atom. The number of para-hydroxylation sites is 1. The summed E-state index contributed by atoms with van der Waals surface area (Å²) in [5, 5.41) is 1.95. The number of rotatable bonds is 5. The van der Waals surface area contributed by atoms with Crippen molar-refractivity contribution in [3.05, 3.63) is 64.7 Å². The van der Waals surface area contributed by atoms with Crippen molar-refractivity contribution in [2.45, 2.75) is 12.5 Å². The molecule has 1 unspecified atom stereocenters. The van der Waals surface area contributed by atoms with E-state index in [1.54, 1.807) is 18.2 Å². The first-order chi connectivity index (χ1) is 11.0. The fourth-order valence-corrected chi connectivity index (χ4v) is 2.14. The number of carbonyl (C=O) groups is 2. The molecule has 0 aliphatic rings. The Morgan fingerprint density at radius 1 is 1.22 bits per heavy atom. The Bertz CT molecular complexity index is 710. The van der Waals surface area contributed by atoms with Crippen molar-refractivity contribution >= 4 is 24.0 Å². The zero-order valence-corrected chi connectivity index (χ0v) is 12.5. The van der Waals surface area contributed by atoms with E-state index in [4.69, 9.17) is 16.3 Å². The van der Waals surface area contributed by atoms with E-state index >= 15 is 0 Å². The Labute approximate surface area is 136 Å². The van der Waals surface area contributed by atoms with Gasteiger partial charge in [0.25, 0.3) is 0 Å². The first kappa shape index (κ1) is 16.9. The van der Waals surface area contributed by atoms with Crippen molar-refractivity contribution < 1.29 is 23.1 Å². The zero-order chi connectivity index (χ0) is 16.8. The largest absolute Gasteiger partial charge is 0.413 e. The van der Waals surface area contributed by atoms with Crippen molar-refractivity contribution in [1.82, 2.24) is 5.32 Å². The molecule has 7 heteroatoms. The minimum atomic E-state index is -1.23. The third kappa shape index (κ3) is 4.26. The van der Waals surface area contributed by atoms with Gasteiger partial charge < -0.3 is 14.8 Å². The van der Waals surface area contributed by atoms with Crippen molar-refractivity contribution in [2.24, 2.45) is 0 Å². The Kier molecular flexibility index (Phi) is 5.65. The van der Waals surface area contributed by atoms with E-state index in [-0.39, 0.29) is 17.2 Å². The average molecular weight is 340 g/mol. The fraction of sp³-hybridized carbons (Fsp3) is 0.125. The highest BCUT2D eigenvalue weighted by atomic mass is 35.5. The van der Waals surface area contributed by atoms with Gasteiger partial charge in [0.05, 0.1) is 11.1 Å². The number of hydrogen-bond donors (Lipinski definition) is 1. The number of amides is 1. The standard InChI is InChI=1S/C16H12ClF2NO3/c17-11-6-7-12(18)14(15(11)19)13(8-9-21)20-16(22)23-10-4-2-1-3-5-10/h1-7,9,13H,8H2,(H,20,22). The van der Waals surface area contributed by atoms with Crippen molar-refractivity contribution in [2.75, 3.05) is 0 Å². The third-order valence-electron chi connectivity index (χ3n) is 3.01. The number of nitrogens with one attached hydrogen (secondary N) is 1. The molecule has 0 spiro atoms. The van der Waals surface area contributed by atoms with Crippen LogP contribution >= 0.6 is 11.6 Å². The summed E-state index contributed by atoms with van der Waals surface area (Å²) in [6.45, 7) is 0. The maximum atomic E-state index is 14.0. The van der Waals surface area contributed by atoms with E-state index < -0.39 is 29.3 Å². The van der Waals surface area contributed by atoms with Crippen LogP contribution < -0.4 is 10.1 Å². The molecule has 0 heterocycles. The summed E-state index contributed by atoms with van der Waals surface area (Å²) in [6.07, 6.45) is -0.840. The van der Waals surface area contributed by atoms with Crippen molar-refractivity contribution in [1.29, 1.82) is 0 Å². The minimum absolute atomic E-state index is 0.252. The number of aldehydes is 1. The van der Waals surface area contributed by atoms with Crippen molar-refractivity contribution in [3.8, 4) is 5.75 Å². The molecule has 0 bridgehead atoms. The number of hydrogen-bond acceptors (Lipinski definition) is 3. The molecular weight excluding hydrogens is 328 g/mol. The second-order valence-corrected chi connectivity index (χ2v) is 4.97. The van der Waals surface area contributed by atoms with Crippen LogP contribution in [-0.2, 0) is 4.79 Å². The molecule has 2 rings (SSSR count). The number of carbonyl (C=O) groups excluding carboxylic acids is 2. The predicted molar refractivity (Wildman–Crippen MR) is 80.4 cm³/mol. The Morgan fingerprint density at radius 2 is 1.91 bits per heavy atom. The lowest BCUT2D eigenvalue weighted by Crippen LogP contribution is -2.32. The maximum absolute atomic E-state index is 14.0. The summed E-state index contributed by atoms with van der Waals surface area (Å²) < 4.78 is 32.9. The molecule has 0 fully saturated rings. The first-order valence-electron chi connectivity index (χ1n) is 6.63. The van der Waals surface area contributed by atoms with Gasteiger partial charge in [-0.3, -0.25) is 0 Å². The van der Waals surface area contributed by atoms with Gasteiger partial charge in [-0.2, -0.15) is 0 Å². The van der Waals surface area contributed by atoms with Gasteiger partial charge in [-0.05, 0) is 24.3 Å². The smallest absolute Gasteiger partial charge is 0.410 e. The van der Waals surface area contributed by atoms with Gasteiger partial charge in [0.1, 0.15) is 23.7 Å². The summed E-state index contributed by atoms with van der Waals surface area (Å²) in [7, 11) is 0. The fourth-order valence-electron chi connectivity index (χ4n) is 1.97. The average Bonchev–Trinajstić information content (AvgIpc) is 2.52. The number of ether oxygens (including phenoxy) is 1. The Hall–Kier alpha value is -2.47. The van der Waals surface area contributed by atoms with Gasteiger partial charge in [0, 0.05) is 12.0 Å². The van der Waals surface area contributed by atoms with Gasteiger partial charge in [-0.15, -0.1) is 0 Å². The second kappa shape index (κ2) is 7.69. The van der Waals surface area contributed by atoms with Crippen LogP contribution in [0.25, 0.3) is 0 Å². The number of halogens is 3. The lowest BCUT2D eigenvalue weighted by Gasteiger charge is -2.18. The molecule has 4 nitrogen and oxygen atoms in total. The van der Waals surface area contributed by atoms with E-state index in [1.165, 1.54) is 12.1 Å². The highest BCUT2D eigenvalue weighted by molar-refractivity contribution is 6.30. The highest BCUT2D eigenvalue weighted by Gasteiger charge is 2.24. The monoisotopic (exact) mass is 339 g/mol. The molecule has 0 radical (unpaired) electrons. The summed E-state index contributed by atoms with van der Waals surface area (Å²) in [4.78, 5) is 22.6. The molecule has 0 saturated heterocycles. The van der Waals surface area contributed by atoms with Crippen LogP contribution in [0.4, 0.5) is 13.6 Å². The molecule has 120 valence electrons. The molecule has 0 aliphatic carbocycles. The summed E-state index contributed by atoms with van der Waals surface area (Å²) in [5.74, 6) is -1.70. The molecule has 23 heavy (non-hydrogen) atoms. The van der Waals surface area contributed by atoms with Gasteiger partial charge in [0.2, 0.25) is 0 Å². The molecule has 1 atom stereocenters. The van der Waals surface area contributed by atoms with Gasteiger partial charge >= 0.3 is 6.09 Å². The quantitative estimate of drug-likeness (QED) is 0.660. The van der Waals surface area contributed by atoms with Gasteiger partial charge in [0.15, 0.2) is 0 Å². The van der Waals surface area contributed by atoms with Gasteiger partial charge in [-0.25, -0.2) is 13.6 Å². The van der Waals surface area contributed by atoms with Crippen LogP contribution in [0.5, 0.6) is 5.75 Å². The molecule has 1 N–H and O–H groups in total. The van der Waals surface area contributed by atoms with Crippen LogP contribution in [0.3, 0.4) is 0 Å². The van der Waals surface area contributed by atoms with Crippen molar-refractivity contribution in [3.63, 3.8) is 0 Å². The van der Waals surface area contributed by atoms with Crippen LogP contribution in [0.1, 0.15) is 18.0 Å². The SMILES string of the molecule is O=CCC(NC(=O)Oc1ccccc1)c1c(F)ccc(Cl)c1F. The van der Waals surface area contributed by atoms with Crippen LogP contribution in [-0.4, -0.2) is 12.4 Å². The van der Waals surface area contributed by atoms with Crippen LogP contribution in [0.15, 0.2) is 42.5 Å². The first-order valence-corrected chi connectivity index (χ1v) is 7.01. The molecular formula is C16H12ClF2NO3. The van der Waals surface area contributed by atoms with Gasteiger partial charge in [-0.1, -0.05) is 29.8 Å². The zero-order valence-electron chi connectivity index (χ0n) is 11.8. The normalized spacial score (nSPS) is 11.6. The molecule has 2 aromatic carbocycles. The summed E-state index contributed by atoms with van der Waals surface area (Å²) >= 11 is 5.62. The third-order valence-corrected chi connectivity index (χ3v) is 3.30. The van der Waals surface area contributed by atoms with E-state index in [1.807, 2.05) is 0 Å². The molecule has 0 saturated carbocycles. The Balaban J connectivity index is 2.21. The lowest BCUT2D eigenvalue weighted by atomic mass is 10.0. The topological polar surface area (TPSA) is 55.4 Å². The van der Waals surface area contributed by atoms with E-state index in [0.717, 1.165) is 12.1 Å². The summed E-state index contributed by atoms with van der Waals surface area (Å²) in [6, 6.07) is 8.89. The molecule has 2 aromatic rings. The molecule has 0 aromatic heterocycles.